The van der Waals surface area contributed by atoms with Crippen LogP contribution in [0.15, 0.2) is 225 Å². The van der Waals surface area contributed by atoms with Gasteiger partial charge in [-0.25, -0.2) is 4.98 Å². The van der Waals surface area contributed by atoms with E-state index in [0.717, 1.165) is 66.6 Å². The summed E-state index contributed by atoms with van der Waals surface area (Å²) in [6, 6.07) is 78.2. The van der Waals surface area contributed by atoms with Crippen molar-refractivity contribution in [2.75, 3.05) is 0 Å². The Balaban J connectivity index is 1.01. The normalized spacial score (nSPS) is 11.8. The minimum Gasteiger partial charge on any atom is -0.309 e. The minimum atomic E-state index is 0.623. The molecule has 0 aliphatic heterocycles. The zero-order valence-electron chi connectivity index (χ0n) is 34.1. The summed E-state index contributed by atoms with van der Waals surface area (Å²) in [7, 11) is 0. The number of benzene rings is 9. The number of hydrogen-bond acceptors (Lipinski definition) is 2. The van der Waals surface area contributed by atoms with Gasteiger partial charge in [0.25, 0.3) is 0 Å². The molecule has 0 aliphatic carbocycles. The maximum atomic E-state index is 5.53. The maximum Gasteiger partial charge on any atom is 0.237 e. The average molecular weight is 804 g/mol. The number of rotatable bonds is 6. The van der Waals surface area contributed by atoms with Crippen molar-refractivity contribution in [2.45, 2.75) is 0 Å². The van der Waals surface area contributed by atoms with Gasteiger partial charge in [-0.2, -0.15) is 4.98 Å². The highest BCUT2D eigenvalue weighted by molar-refractivity contribution is 6.13. The Labute approximate surface area is 363 Å². The van der Waals surface area contributed by atoms with Gasteiger partial charge in [-0.3, -0.25) is 4.57 Å². The molecule has 13 aromatic rings. The topological polar surface area (TPSA) is 40.6 Å². The van der Waals surface area contributed by atoms with Crippen LogP contribution in [0.3, 0.4) is 0 Å². The molecule has 0 N–H and O–H groups in total. The Morgan fingerprint density at radius 2 is 0.873 bits per heavy atom. The molecule has 4 heterocycles. The average Bonchev–Trinajstić information content (AvgIpc) is 4.04. The lowest BCUT2D eigenvalue weighted by Gasteiger charge is -2.13. The van der Waals surface area contributed by atoms with Gasteiger partial charge >= 0.3 is 0 Å². The fraction of sp³-hybridized carbons (Fsp3) is 0. The predicted octanol–water partition coefficient (Wildman–Crippen LogP) is 14.8. The Hall–Kier alpha value is -8.54. The van der Waals surface area contributed by atoms with E-state index >= 15 is 0 Å². The second kappa shape index (κ2) is 14.0. The molecular weight excluding hydrogens is 767 g/mol. The van der Waals surface area contributed by atoms with E-state index in [1.807, 2.05) is 6.07 Å². The van der Waals surface area contributed by atoms with Crippen LogP contribution in [-0.2, 0) is 0 Å². The van der Waals surface area contributed by atoms with E-state index in [9.17, 15) is 0 Å². The molecule has 0 saturated heterocycles. The smallest absolute Gasteiger partial charge is 0.237 e. The maximum absolute atomic E-state index is 5.53. The van der Waals surface area contributed by atoms with E-state index in [4.69, 9.17) is 9.97 Å². The van der Waals surface area contributed by atoms with Crippen molar-refractivity contribution in [1.82, 2.24) is 23.7 Å². The standard InChI is InChI=1S/C58H37N5/c1-3-19-43(20-4-1)61-34-33-49-56(42-18-13-17-41(35-42)46-26-14-16-38-15-7-8-23-45(38)46)59-58(60-57(49)61)63-53-28-12-10-25-48(53)51-37-40(30-32-55(51)63)39-29-31-54-50(36-39)47-24-9-11-27-52(47)62(54)44-21-5-2-6-22-44/h1-37H. The summed E-state index contributed by atoms with van der Waals surface area (Å²) in [6.07, 6.45) is 2.11. The Kier molecular flexibility index (Phi) is 7.84. The number of fused-ring (bicyclic) bond motifs is 8. The van der Waals surface area contributed by atoms with Crippen LogP contribution < -0.4 is 0 Å². The summed E-state index contributed by atoms with van der Waals surface area (Å²) in [5, 5.41) is 8.21. The molecule has 0 unspecified atom stereocenters. The van der Waals surface area contributed by atoms with Crippen LogP contribution in [0.25, 0.3) is 116 Å². The fourth-order valence-corrected chi connectivity index (χ4v) is 9.81. The van der Waals surface area contributed by atoms with Gasteiger partial charge in [0.1, 0.15) is 0 Å². The van der Waals surface area contributed by atoms with E-state index in [1.165, 1.54) is 43.7 Å². The third-order valence-electron chi connectivity index (χ3n) is 12.7. The minimum absolute atomic E-state index is 0.623. The van der Waals surface area contributed by atoms with Crippen molar-refractivity contribution >= 4 is 65.4 Å². The van der Waals surface area contributed by atoms with Crippen LogP contribution >= 0.6 is 0 Å². The third kappa shape index (κ3) is 5.57. The zero-order valence-corrected chi connectivity index (χ0v) is 34.1. The third-order valence-corrected chi connectivity index (χ3v) is 12.7. The van der Waals surface area contributed by atoms with Crippen LogP contribution in [-0.4, -0.2) is 23.7 Å². The van der Waals surface area contributed by atoms with E-state index in [2.05, 4.69) is 232 Å². The highest BCUT2D eigenvalue weighted by atomic mass is 15.2. The van der Waals surface area contributed by atoms with Crippen LogP contribution in [0.1, 0.15) is 0 Å². The van der Waals surface area contributed by atoms with E-state index < -0.39 is 0 Å². The van der Waals surface area contributed by atoms with Crippen LogP contribution in [0, 0.1) is 0 Å². The summed E-state index contributed by atoms with van der Waals surface area (Å²) < 4.78 is 6.78. The fourth-order valence-electron chi connectivity index (χ4n) is 9.81. The van der Waals surface area contributed by atoms with Crippen LogP contribution in [0.2, 0.25) is 0 Å². The number of hydrogen-bond donors (Lipinski definition) is 0. The van der Waals surface area contributed by atoms with Gasteiger partial charge in [-0.05, 0) is 106 Å². The molecule has 0 atom stereocenters. The summed E-state index contributed by atoms with van der Waals surface area (Å²) >= 11 is 0. The molecule has 63 heavy (non-hydrogen) atoms. The first-order valence-electron chi connectivity index (χ1n) is 21.4. The first-order valence-corrected chi connectivity index (χ1v) is 21.4. The van der Waals surface area contributed by atoms with Gasteiger partial charge in [-0.1, -0.05) is 146 Å². The molecule has 5 nitrogen and oxygen atoms in total. The SMILES string of the molecule is c1ccc(-n2ccc3c(-c4cccc(-c5cccc6ccccc56)c4)nc(-n4c5ccccc5c5cc(-c6ccc7c(c6)c6ccccc6n7-c6ccccc6)ccc54)nc32)cc1. The first-order chi connectivity index (χ1) is 31.2. The molecule has 4 aromatic heterocycles. The number of nitrogens with zero attached hydrogens (tertiary/aromatic N) is 5. The van der Waals surface area contributed by atoms with Crippen LogP contribution in [0.5, 0.6) is 0 Å². The van der Waals surface area contributed by atoms with E-state index in [-0.39, 0.29) is 0 Å². The molecule has 294 valence electrons. The molecular formula is C58H37N5. The van der Waals surface area contributed by atoms with E-state index in [1.54, 1.807) is 0 Å². The van der Waals surface area contributed by atoms with Gasteiger partial charge in [0.15, 0.2) is 5.65 Å². The summed E-state index contributed by atoms with van der Waals surface area (Å²) in [4.78, 5) is 11.0. The first kappa shape index (κ1) is 35.2. The molecule has 13 rings (SSSR count). The van der Waals surface area contributed by atoms with Gasteiger partial charge in [0.05, 0.1) is 27.8 Å². The monoisotopic (exact) mass is 803 g/mol. The summed E-state index contributed by atoms with van der Waals surface area (Å²) in [5.41, 5.74) is 14.1. The van der Waals surface area contributed by atoms with Crippen LogP contribution in [0.4, 0.5) is 0 Å². The number of aromatic nitrogens is 5. The van der Waals surface area contributed by atoms with Gasteiger partial charge in [0, 0.05) is 50.1 Å². The zero-order chi connectivity index (χ0) is 41.4. The molecule has 0 fully saturated rings. The highest BCUT2D eigenvalue weighted by Gasteiger charge is 2.21. The van der Waals surface area contributed by atoms with Crippen molar-refractivity contribution < 1.29 is 0 Å². The van der Waals surface area contributed by atoms with Crippen molar-refractivity contribution in [3.8, 4) is 50.8 Å². The number of para-hydroxylation sites is 4. The summed E-state index contributed by atoms with van der Waals surface area (Å²) in [6.45, 7) is 0. The van der Waals surface area contributed by atoms with Crippen molar-refractivity contribution in [3.63, 3.8) is 0 Å². The quantitative estimate of drug-likeness (QED) is 0.168. The highest BCUT2D eigenvalue weighted by Crippen LogP contribution is 2.40. The lowest BCUT2D eigenvalue weighted by molar-refractivity contribution is 0.988. The Bertz CT molecular complexity index is 3900. The summed E-state index contributed by atoms with van der Waals surface area (Å²) in [5.74, 6) is 0.623. The van der Waals surface area contributed by atoms with Crippen molar-refractivity contribution in [2.24, 2.45) is 0 Å². The predicted molar refractivity (Wildman–Crippen MR) is 261 cm³/mol. The van der Waals surface area contributed by atoms with Crippen molar-refractivity contribution in [1.29, 1.82) is 0 Å². The van der Waals surface area contributed by atoms with Gasteiger partial charge in [0.2, 0.25) is 5.95 Å². The lowest BCUT2D eigenvalue weighted by Crippen LogP contribution is -2.05. The molecule has 0 amide bonds. The van der Waals surface area contributed by atoms with Crippen molar-refractivity contribution in [3.05, 3.63) is 225 Å². The Morgan fingerprint density at radius 1 is 0.317 bits per heavy atom. The molecule has 9 aromatic carbocycles. The molecule has 0 aliphatic rings. The lowest BCUT2D eigenvalue weighted by atomic mass is 9.96. The van der Waals surface area contributed by atoms with E-state index in [0.29, 0.717) is 5.95 Å². The molecule has 0 radical (unpaired) electrons. The second-order valence-corrected chi connectivity index (χ2v) is 16.2. The largest absolute Gasteiger partial charge is 0.309 e. The molecule has 0 spiro atoms. The van der Waals surface area contributed by atoms with Gasteiger partial charge in [-0.15, -0.1) is 0 Å². The second-order valence-electron chi connectivity index (χ2n) is 16.2. The molecule has 5 heteroatoms. The molecule has 0 saturated carbocycles. The molecule has 0 bridgehead atoms. The van der Waals surface area contributed by atoms with Gasteiger partial charge < -0.3 is 9.13 Å². The Morgan fingerprint density at radius 3 is 1.60 bits per heavy atom.